The summed E-state index contributed by atoms with van der Waals surface area (Å²) in [5.74, 6) is 0. The van der Waals surface area contributed by atoms with Crippen LogP contribution in [0.25, 0.3) is 11.3 Å². The van der Waals surface area contributed by atoms with Crippen molar-refractivity contribution in [2.24, 2.45) is 5.41 Å². The maximum atomic E-state index is 4.97. The first-order chi connectivity index (χ1) is 12.2. The number of hydrogen-bond acceptors (Lipinski definition) is 3. The quantitative estimate of drug-likeness (QED) is 0.556. The standard InChI is InChI=1S/C22H24N2S/c1-22(13-7-8-14-22)15-21-24-20(16-25-21)18-11-5-6-12-19(18)23-17-9-3-2-4-10-17/h2-6,9-12,16,23H,7-8,13-15H2,1H3. The summed E-state index contributed by atoms with van der Waals surface area (Å²) < 4.78 is 0. The predicted octanol–water partition coefficient (Wildman–Crippen LogP) is 6.68. The molecule has 3 aromatic rings. The Morgan fingerprint density at radius 1 is 1.00 bits per heavy atom. The fourth-order valence-corrected chi connectivity index (χ4v) is 4.79. The molecule has 1 heterocycles. The zero-order valence-electron chi connectivity index (χ0n) is 14.7. The number of thiazole rings is 1. The fraction of sp³-hybridized carbons (Fsp3) is 0.318. The number of anilines is 2. The molecular formula is C22H24N2S. The van der Waals surface area contributed by atoms with Gasteiger partial charge in [0.05, 0.1) is 10.7 Å². The van der Waals surface area contributed by atoms with Crippen LogP contribution in [0.2, 0.25) is 0 Å². The first-order valence-corrected chi connectivity index (χ1v) is 9.96. The van der Waals surface area contributed by atoms with Crippen molar-refractivity contribution >= 4 is 22.7 Å². The second-order valence-corrected chi connectivity index (χ2v) is 8.30. The average molecular weight is 349 g/mol. The Morgan fingerprint density at radius 3 is 2.52 bits per heavy atom. The van der Waals surface area contributed by atoms with Crippen molar-refractivity contribution in [3.63, 3.8) is 0 Å². The molecule has 3 heteroatoms. The van der Waals surface area contributed by atoms with Crippen LogP contribution in [-0.2, 0) is 6.42 Å². The molecule has 1 aromatic heterocycles. The van der Waals surface area contributed by atoms with Crippen molar-refractivity contribution in [1.29, 1.82) is 0 Å². The minimum absolute atomic E-state index is 0.455. The van der Waals surface area contributed by atoms with Crippen LogP contribution >= 0.6 is 11.3 Å². The van der Waals surface area contributed by atoms with Crippen molar-refractivity contribution in [2.45, 2.75) is 39.0 Å². The number of nitrogens with zero attached hydrogens (tertiary/aromatic N) is 1. The molecule has 0 spiro atoms. The highest BCUT2D eigenvalue weighted by Gasteiger charge is 2.29. The van der Waals surface area contributed by atoms with Crippen LogP contribution in [0, 0.1) is 5.41 Å². The Hall–Kier alpha value is -2.13. The van der Waals surface area contributed by atoms with Gasteiger partial charge in [0.25, 0.3) is 0 Å². The predicted molar refractivity (Wildman–Crippen MR) is 108 cm³/mol. The molecule has 128 valence electrons. The first-order valence-electron chi connectivity index (χ1n) is 9.08. The van der Waals surface area contributed by atoms with E-state index in [9.17, 15) is 0 Å². The molecule has 25 heavy (non-hydrogen) atoms. The van der Waals surface area contributed by atoms with Crippen LogP contribution in [0.5, 0.6) is 0 Å². The highest BCUT2D eigenvalue weighted by molar-refractivity contribution is 7.10. The lowest BCUT2D eigenvalue weighted by Gasteiger charge is -2.21. The van der Waals surface area contributed by atoms with Crippen LogP contribution in [-0.4, -0.2) is 4.98 Å². The highest BCUT2D eigenvalue weighted by Crippen LogP contribution is 2.41. The van der Waals surface area contributed by atoms with Gasteiger partial charge in [0.15, 0.2) is 0 Å². The summed E-state index contributed by atoms with van der Waals surface area (Å²) in [4.78, 5) is 4.97. The summed E-state index contributed by atoms with van der Waals surface area (Å²) >= 11 is 1.81. The molecule has 4 rings (SSSR count). The van der Waals surface area contributed by atoms with Gasteiger partial charge in [-0.1, -0.05) is 56.2 Å². The second kappa shape index (κ2) is 7.01. The van der Waals surface area contributed by atoms with Gasteiger partial charge in [-0.25, -0.2) is 4.98 Å². The van der Waals surface area contributed by atoms with E-state index in [-0.39, 0.29) is 0 Å². The van der Waals surface area contributed by atoms with Crippen molar-refractivity contribution in [2.75, 3.05) is 5.32 Å². The Labute approximate surface area is 154 Å². The SMILES string of the molecule is CC1(Cc2nc(-c3ccccc3Nc3ccccc3)cs2)CCCC1. The van der Waals surface area contributed by atoms with E-state index in [2.05, 4.69) is 54.0 Å². The van der Waals surface area contributed by atoms with E-state index in [0.29, 0.717) is 5.41 Å². The Bertz CT molecular complexity index is 832. The maximum absolute atomic E-state index is 4.97. The minimum Gasteiger partial charge on any atom is -0.355 e. The van der Waals surface area contributed by atoms with E-state index in [4.69, 9.17) is 4.98 Å². The van der Waals surface area contributed by atoms with Crippen molar-refractivity contribution < 1.29 is 0 Å². The van der Waals surface area contributed by atoms with Crippen LogP contribution in [0.3, 0.4) is 0 Å². The molecule has 1 aliphatic carbocycles. The largest absolute Gasteiger partial charge is 0.355 e. The molecule has 0 saturated heterocycles. The Balaban J connectivity index is 1.58. The summed E-state index contributed by atoms with van der Waals surface area (Å²) in [6, 6.07) is 18.7. The summed E-state index contributed by atoms with van der Waals surface area (Å²) in [6.07, 6.45) is 6.55. The van der Waals surface area contributed by atoms with Crippen molar-refractivity contribution in [3.8, 4) is 11.3 Å². The molecule has 1 aliphatic rings. The number of hydrogen-bond donors (Lipinski definition) is 1. The molecule has 1 N–H and O–H groups in total. The monoisotopic (exact) mass is 348 g/mol. The zero-order valence-corrected chi connectivity index (χ0v) is 15.5. The summed E-state index contributed by atoms with van der Waals surface area (Å²) in [7, 11) is 0. The van der Waals surface area contributed by atoms with E-state index < -0.39 is 0 Å². The molecule has 0 amide bonds. The number of aromatic nitrogens is 1. The molecule has 1 fully saturated rings. The van der Waals surface area contributed by atoms with Crippen molar-refractivity contribution in [3.05, 3.63) is 65.0 Å². The maximum Gasteiger partial charge on any atom is 0.0938 e. The molecule has 0 aliphatic heterocycles. The van der Waals surface area contributed by atoms with Crippen LogP contribution < -0.4 is 5.32 Å². The van der Waals surface area contributed by atoms with Gasteiger partial charge < -0.3 is 5.32 Å². The van der Waals surface area contributed by atoms with Crippen LogP contribution in [0.15, 0.2) is 60.0 Å². The Kier molecular flexibility index (Phi) is 4.58. The lowest BCUT2D eigenvalue weighted by atomic mass is 9.85. The third kappa shape index (κ3) is 3.77. The van der Waals surface area contributed by atoms with Gasteiger partial charge in [0.1, 0.15) is 0 Å². The van der Waals surface area contributed by atoms with Gasteiger partial charge in [0.2, 0.25) is 0 Å². The minimum atomic E-state index is 0.455. The van der Waals surface area contributed by atoms with E-state index >= 15 is 0 Å². The third-order valence-electron chi connectivity index (χ3n) is 5.20. The van der Waals surface area contributed by atoms with Crippen LogP contribution in [0.1, 0.15) is 37.6 Å². The zero-order chi connectivity index (χ0) is 17.1. The van der Waals surface area contributed by atoms with Gasteiger partial charge in [0, 0.05) is 28.7 Å². The number of benzene rings is 2. The Morgan fingerprint density at radius 2 is 1.72 bits per heavy atom. The first kappa shape index (κ1) is 16.3. The number of nitrogens with one attached hydrogen (secondary N) is 1. The number of rotatable bonds is 5. The van der Waals surface area contributed by atoms with E-state index in [1.165, 1.54) is 36.3 Å². The second-order valence-electron chi connectivity index (χ2n) is 7.36. The smallest absolute Gasteiger partial charge is 0.0938 e. The average Bonchev–Trinajstić information content (AvgIpc) is 3.26. The molecular weight excluding hydrogens is 324 g/mol. The lowest BCUT2D eigenvalue weighted by Crippen LogP contribution is -2.14. The fourth-order valence-electron chi connectivity index (χ4n) is 3.78. The summed E-state index contributed by atoms with van der Waals surface area (Å²) in [6.45, 7) is 2.42. The van der Waals surface area contributed by atoms with Gasteiger partial charge in [-0.05, 0) is 36.5 Å². The van der Waals surface area contributed by atoms with E-state index in [1.54, 1.807) is 11.3 Å². The molecule has 0 unspecified atom stereocenters. The molecule has 1 saturated carbocycles. The summed E-state index contributed by atoms with van der Waals surface area (Å²) in [5, 5.41) is 7.01. The van der Waals surface area contributed by atoms with Gasteiger partial charge in [-0.15, -0.1) is 11.3 Å². The van der Waals surface area contributed by atoms with Crippen LogP contribution in [0.4, 0.5) is 11.4 Å². The lowest BCUT2D eigenvalue weighted by molar-refractivity contribution is 0.334. The topological polar surface area (TPSA) is 24.9 Å². The normalized spacial score (nSPS) is 16.0. The van der Waals surface area contributed by atoms with Gasteiger partial charge >= 0.3 is 0 Å². The van der Waals surface area contributed by atoms with Crippen molar-refractivity contribution in [1.82, 2.24) is 4.98 Å². The molecule has 0 radical (unpaired) electrons. The van der Waals surface area contributed by atoms with Gasteiger partial charge in [-0.3, -0.25) is 0 Å². The van der Waals surface area contributed by atoms with E-state index in [0.717, 1.165) is 23.5 Å². The van der Waals surface area contributed by atoms with E-state index in [1.807, 2.05) is 18.2 Å². The third-order valence-corrected chi connectivity index (χ3v) is 6.05. The molecule has 2 nitrogen and oxygen atoms in total. The molecule has 0 atom stereocenters. The highest BCUT2D eigenvalue weighted by atomic mass is 32.1. The molecule has 0 bridgehead atoms. The number of para-hydroxylation sites is 2. The summed E-state index contributed by atoms with van der Waals surface area (Å²) in [5.41, 5.74) is 4.92. The van der Waals surface area contributed by atoms with Gasteiger partial charge in [-0.2, -0.15) is 0 Å². The molecule has 2 aromatic carbocycles.